The molecule has 1 N–H and O–H groups in total. The lowest BCUT2D eigenvalue weighted by atomic mass is 9.95. The van der Waals surface area contributed by atoms with Crippen LogP contribution in [0.3, 0.4) is 0 Å². The first-order chi connectivity index (χ1) is 10.7. The molecule has 2 aromatic rings. The lowest BCUT2D eigenvalue weighted by Gasteiger charge is -2.33. The largest absolute Gasteiger partial charge is 0.371 e. The monoisotopic (exact) mass is 358 g/mol. The Labute approximate surface area is 139 Å². The number of amides is 1. The van der Waals surface area contributed by atoms with E-state index in [0.717, 1.165) is 36.1 Å². The van der Waals surface area contributed by atoms with Crippen molar-refractivity contribution >= 4 is 33.2 Å². The zero-order valence-corrected chi connectivity index (χ0v) is 13.9. The molecule has 3 nitrogen and oxygen atoms in total. The maximum atomic E-state index is 12.4. The number of piperidine rings is 1. The number of benzene rings is 2. The molecule has 0 saturated carbocycles. The van der Waals surface area contributed by atoms with Gasteiger partial charge in [-0.2, -0.15) is 0 Å². The molecule has 1 amide bonds. The van der Waals surface area contributed by atoms with Gasteiger partial charge in [0, 0.05) is 34.9 Å². The van der Waals surface area contributed by atoms with E-state index in [-0.39, 0.29) is 11.8 Å². The van der Waals surface area contributed by atoms with Gasteiger partial charge in [-0.3, -0.25) is 4.79 Å². The van der Waals surface area contributed by atoms with Gasteiger partial charge < -0.3 is 10.2 Å². The van der Waals surface area contributed by atoms with Crippen molar-refractivity contribution in [2.45, 2.75) is 12.8 Å². The maximum Gasteiger partial charge on any atom is 0.227 e. The normalized spacial score (nSPS) is 15.6. The smallest absolute Gasteiger partial charge is 0.227 e. The van der Waals surface area contributed by atoms with E-state index in [1.807, 2.05) is 30.3 Å². The van der Waals surface area contributed by atoms with Crippen molar-refractivity contribution < 1.29 is 4.79 Å². The maximum absolute atomic E-state index is 12.4. The van der Waals surface area contributed by atoms with Crippen LogP contribution < -0.4 is 10.2 Å². The summed E-state index contributed by atoms with van der Waals surface area (Å²) in [5, 5.41) is 3.02. The molecule has 0 unspecified atom stereocenters. The molecule has 114 valence electrons. The third-order valence-electron chi connectivity index (χ3n) is 4.08. The fraction of sp³-hybridized carbons (Fsp3) is 0.278. The summed E-state index contributed by atoms with van der Waals surface area (Å²) in [6, 6.07) is 18.1. The molecule has 0 radical (unpaired) electrons. The van der Waals surface area contributed by atoms with Gasteiger partial charge in [-0.1, -0.05) is 40.2 Å². The Kier molecular flexibility index (Phi) is 4.78. The Morgan fingerprint density at radius 1 is 1.05 bits per heavy atom. The van der Waals surface area contributed by atoms with Crippen molar-refractivity contribution in [1.29, 1.82) is 0 Å². The Morgan fingerprint density at radius 3 is 2.45 bits per heavy atom. The van der Waals surface area contributed by atoms with Crippen molar-refractivity contribution in [3.63, 3.8) is 0 Å². The van der Waals surface area contributed by atoms with Crippen LogP contribution in [-0.2, 0) is 4.79 Å². The number of halogens is 1. The number of hydrogen-bond acceptors (Lipinski definition) is 2. The molecule has 1 fully saturated rings. The van der Waals surface area contributed by atoms with Gasteiger partial charge in [-0.15, -0.1) is 0 Å². The summed E-state index contributed by atoms with van der Waals surface area (Å²) in [6.07, 6.45) is 1.80. The van der Waals surface area contributed by atoms with E-state index in [1.54, 1.807) is 0 Å². The van der Waals surface area contributed by atoms with Crippen LogP contribution in [0.5, 0.6) is 0 Å². The number of carbonyl (C=O) groups excluding carboxylic acids is 1. The van der Waals surface area contributed by atoms with Gasteiger partial charge in [-0.25, -0.2) is 0 Å². The highest BCUT2D eigenvalue weighted by atomic mass is 79.9. The predicted octanol–water partition coefficient (Wildman–Crippen LogP) is 4.30. The molecule has 1 heterocycles. The molecule has 2 aromatic carbocycles. The minimum atomic E-state index is 0.0962. The van der Waals surface area contributed by atoms with E-state index in [1.165, 1.54) is 5.69 Å². The average molecular weight is 359 g/mol. The van der Waals surface area contributed by atoms with Gasteiger partial charge in [0.15, 0.2) is 0 Å². The second kappa shape index (κ2) is 6.97. The predicted molar refractivity (Wildman–Crippen MR) is 94.2 cm³/mol. The standard InChI is InChI=1S/C18H19BrN2O/c19-15-5-4-6-16(13-15)20-18(22)14-9-11-21(12-10-14)17-7-2-1-3-8-17/h1-8,13-14H,9-12H2,(H,20,22). The van der Waals surface area contributed by atoms with Gasteiger partial charge in [0.2, 0.25) is 5.91 Å². The summed E-state index contributed by atoms with van der Waals surface area (Å²) >= 11 is 3.42. The van der Waals surface area contributed by atoms with Gasteiger partial charge >= 0.3 is 0 Å². The number of anilines is 2. The van der Waals surface area contributed by atoms with Crippen LogP contribution in [0.15, 0.2) is 59.1 Å². The van der Waals surface area contributed by atoms with Crippen molar-refractivity contribution in [3.8, 4) is 0 Å². The first kappa shape index (κ1) is 15.1. The summed E-state index contributed by atoms with van der Waals surface area (Å²) < 4.78 is 0.976. The summed E-state index contributed by atoms with van der Waals surface area (Å²) in [6.45, 7) is 1.86. The molecule has 22 heavy (non-hydrogen) atoms. The topological polar surface area (TPSA) is 32.3 Å². The average Bonchev–Trinajstić information content (AvgIpc) is 2.56. The quantitative estimate of drug-likeness (QED) is 0.886. The van der Waals surface area contributed by atoms with Crippen LogP contribution in [0, 0.1) is 5.92 Å². The minimum Gasteiger partial charge on any atom is -0.371 e. The second-order valence-electron chi connectivity index (χ2n) is 5.60. The van der Waals surface area contributed by atoms with Crippen molar-refractivity contribution in [3.05, 3.63) is 59.1 Å². The van der Waals surface area contributed by atoms with E-state index in [4.69, 9.17) is 0 Å². The Morgan fingerprint density at radius 2 is 1.77 bits per heavy atom. The zero-order valence-electron chi connectivity index (χ0n) is 12.3. The van der Waals surface area contributed by atoms with Crippen LogP contribution in [0.2, 0.25) is 0 Å². The fourth-order valence-corrected chi connectivity index (χ4v) is 3.25. The number of hydrogen-bond donors (Lipinski definition) is 1. The van der Waals surface area contributed by atoms with Crippen LogP contribution in [-0.4, -0.2) is 19.0 Å². The van der Waals surface area contributed by atoms with E-state index >= 15 is 0 Å². The highest BCUT2D eigenvalue weighted by Gasteiger charge is 2.25. The molecular formula is C18H19BrN2O. The highest BCUT2D eigenvalue weighted by molar-refractivity contribution is 9.10. The third kappa shape index (κ3) is 3.69. The fourth-order valence-electron chi connectivity index (χ4n) is 2.85. The van der Waals surface area contributed by atoms with Crippen LogP contribution in [0.4, 0.5) is 11.4 Å². The Bertz CT molecular complexity index is 637. The molecule has 3 rings (SSSR count). The van der Waals surface area contributed by atoms with Gasteiger partial charge in [0.05, 0.1) is 0 Å². The van der Waals surface area contributed by atoms with E-state index in [0.29, 0.717) is 0 Å². The molecular weight excluding hydrogens is 340 g/mol. The number of rotatable bonds is 3. The molecule has 1 saturated heterocycles. The Balaban J connectivity index is 1.56. The van der Waals surface area contributed by atoms with Crippen molar-refractivity contribution in [1.82, 2.24) is 0 Å². The SMILES string of the molecule is O=C(Nc1cccc(Br)c1)C1CCN(c2ccccc2)CC1. The van der Waals surface area contributed by atoms with Gasteiger partial charge in [-0.05, 0) is 43.2 Å². The second-order valence-corrected chi connectivity index (χ2v) is 6.51. The molecule has 1 aliphatic heterocycles. The van der Waals surface area contributed by atoms with Crippen LogP contribution >= 0.6 is 15.9 Å². The van der Waals surface area contributed by atoms with Crippen molar-refractivity contribution in [2.75, 3.05) is 23.3 Å². The van der Waals surface area contributed by atoms with Gasteiger partial charge in [0.1, 0.15) is 0 Å². The number of nitrogens with zero attached hydrogens (tertiary/aromatic N) is 1. The molecule has 0 spiro atoms. The third-order valence-corrected chi connectivity index (χ3v) is 4.57. The number of nitrogens with one attached hydrogen (secondary N) is 1. The van der Waals surface area contributed by atoms with E-state index in [9.17, 15) is 4.79 Å². The lowest BCUT2D eigenvalue weighted by molar-refractivity contribution is -0.120. The highest BCUT2D eigenvalue weighted by Crippen LogP contribution is 2.24. The summed E-state index contributed by atoms with van der Waals surface area (Å²) in [7, 11) is 0. The molecule has 1 aliphatic rings. The van der Waals surface area contributed by atoms with E-state index < -0.39 is 0 Å². The minimum absolute atomic E-state index is 0.0962. The van der Waals surface area contributed by atoms with Crippen LogP contribution in [0.25, 0.3) is 0 Å². The first-order valence-electron chi connectivity index (χ1n) is 7.59. The van der Waals surface area contributed by atoms with Crippen LogP contribution in [0.1, 0.15) is 12.8 Å². The summed E-state index contributed by atoms with van der Waals surface area (Å²) in [5.74, 6) is 0.227. The Hall–Kier alpha value is -1.81. The molecule has 0 aromatic heterocycles. The van der Waals surface area contributed by atoms with Gasteiger partial charge in [0.25, 0.3) is 0 Å². The summed E-state index contributed by atoms with van der Waals surface area (Å²) in [5.41, 5.74) is 2.10. The zero-order chi connectivity index (χ0) is 15.4. The molecule has 0 atom stereocenters. The van der Waals surface area contributed by atoms with Crippen molar-refractivity contribution in [2.24, 2.45) is 5.92 Å². The molecule has 0 bridgehead atoms. The number of para-hydroxylation sites is 1. The van der Waals surface area contributed by atoms with E-state index in [2.05, 4.69) is 50.4 Å². The lowest BCUT2D eigenvalue weighted by Crippen LogP contribution is -2.38. The number of carbonyl (C=O) groups is 1. The molecule has 4 heteroatoms. The first-order valence-corrected chi connectivity index (χ1v) is 8.38. The summed E-state index contributed by atoms with van der Waals surface area (Å²) in [4.78, 5) is 14.7. The molecule has 0 aliphatic carbocycles.